The van der Waals surface area contributed by atoms with Gasteiger partial charge < -0.3 is 15.4 Å². The Morgan fingerprint density at radius 1 is 1.16 bits per heavy atom. The summed E-state index contributed by atoms with van der Waals surface area (Å²) in [6.45, 7) is 4.48. The number of hydrogen-bond donors (Lipinski definition) is 2. The van der Waals surface area contributed by atoms with E-state index in [0.29, 0.717) is 12.2 Å². The number of urea groups is 1. The minimum absolute atomic E-state index is 0.0446. The largest absolute Gasteiger partial charge is 0.493 e. The number of nitriles is 1. The third kappa shape index (κ3) is 3.74. The minimum Gasteiger partial charge on any atom is -0.493 e. The van der Waals surface area contributed by atoms with Crippen molar-refractivity contribution in [3.63, 3.8) is 0 Å². The highest BCUT2D eigenvalue weighted by molar-refractivity contribution is 5.75. The zero-order valence-corrected chi connectivity index (χ0v) is 14.3. The summed E-state index contributed by atoms with van der Waals surface area (Å²) in [5, 5.41) is 14.8. The van der Waals surface area contributed by atoms with Gasteiger partial charge in [0.1, 0.15) is 5.75 Å². The normalized spacial score (nSPS) is 17.6. The van der Waals surface area contributed by atoms with Gasteiger partial charge in [-0.1, -0.05) is 30.3 Å². The molecule has 0 unspecified atom stereocenters. The fourth-order valence-corrected chi connectivity index (χ4v) is 3.08. The molecular formula is C20H21N3O2. The fraction of sp³-hybridized carbons (Fsp3) is 0.300. The first-order chi connectivity index (χ1) is 12.1. The van der Waals surface area contributed by atoms with Gasteiger partial charge in [0.05, 0.1) is 24.3 Å². The van der Waals surface area contributed by atoms with Crippen LogP contribution in [0, 0.1) is 11.3 Å². The van der Waals surface area contributed by atoms with E-state index in [2.05, 4.69) is 16.7 Å². The molecule has 2 aromatic carbocycles. The van der Waals surface area contributed by atoms with Crippen LogP contribution in [0.5, 0.6) is 5.75 Å². The van der Waals surface area contributed by atoms with E-state index in [1.54, 1.807) is 12.1 Å². The highest BCUT2D eigenvalue weighted by Crippen LogP contribution is 2.35. The van der Waals surface area contributed by atoms with E-state index in [-0.39, 0.29) is 24.0 Å². The summed E-state index contributed by atoms with van der Waals surface area (Å²) in [5.41, 5.74) is 2.70. The molecule has 25 heavy (non-hydrogen) atoms. The van der Waals surface area contributed by atoms with Crippen LogP contribution < -0.4 is 15.4 Å². The van der Waals surface area contributed by atoms with E-state index in [1.165, 1.54) is 0 Å². The van der Waals surface area contributed by atoms with E-state index in [1.807, 2.05) is 50.2 Å². The number of fused-ring (bicyclic) bond motifs is 1. The molecular weight excluding hydrogens is 314 g/mol. The lowest BCUT2D eigenvalue weighted by Gasteiger charge is -2.22. The number of para-hydroxylation sites is 1. The molecule has 5 heteroatoms. The molecule has 2 amide bonds. The molecule has 0 radical (unpaired) electrons. The summed E-state index contributed by atoms with van der Waals surface area (Å²) in [7, 11) is 0. The lowest BCUT2D eigenvalue weighted by molar-refractivity contribution is 0.230. The average molecular weight is 335 g/mol. The number of benzene rings is 2. The van der Waals surface area contributed by atoms with Gasteiger partial charge in [0.25, 0.3) is 0 Å². The predicted molar refractivity (Wildman–Crippen MR) is 95.4 cm³/mol. The van der Waals surface area contributed by atoms with Gasteiger partial charge in [-0.05, 0) is 37.6 Å². The molecule has 0 spiro atoms. The van der Waals surface area contributed by atoms with E-state index < -0.39 is 0 Å². The van der Waals surface area contributed by atoms with Crippen LogP contribution in [0.1, 0.15) is 42.5 Å². The molecule has 0 aromatic heterocycles. The Bertz CT molecular complexity index is 795. The number of rotatable bonds is 4. The Hall–Kier alpha value is -3.00. The molecule has 0 saturated heterocycles. The molecule has 2 aromatic rings. The van der Waals surface area contributed by atoms with Gasteiger partial charge in [-0.15, -0.1) is 0 Å². The van der Waals surface area contributed by atoms with Crippen molar-refractivity contribution in [1.29, 1.82) is 5.26 Å². The molecule has 3 atom stereocenters. The zero-order chi connectivity index (χ0) is 17.8. The molecule has 2 N–H and O–H groups in total. The van der Waals surface area contributed by atoms with Crippen molar-refractivity contribution in [3.05, 3.63) is 65.2 Å². The summed E-state index contributed by atoms with van der Waals surface area (Å²) in [5.74, 6) is 1.04. The van der Waals surface area contributed by atoms with Crippen LogP contribution in [0.3, 0.4) is 0 Å². The number of nitrogens with zero attached hydrogens (tertiary/aromatic N) is 1. The van der Waals surface area contributed by atoms with Crippen molar-refractivity contribution in [2.24, 2.45) is 0 Å². The van der Waals surface area contributed by atoms with E-state index in [9.17, 15) is 4.79 Å². The van der Waals surface area contributed by atoms with Gasteiger partial charge in [-0.2, -0.15) is 5.26 Å². The predicted octanol–water partition coefficient (Wildman–Crippen LogP) is 3.48. The maximum Gasteiger partial charge on any atom is 0.315 e. The van der Waals surface area contributed by atoms with Crippen LogP contribution in [-0.2, 0) is 0 Å². The highest BCUT2D eigenvalue weighted by Gasteiger charge is 2.29. The lowest BCUT2D eigenvalue weighted by Crippen LogP contribution is -2.44. The second-order valence-corrected chi connectivity index (χ2v) is 6.32. The smallest absolute Gasteiger partial charge is 0.315 e. The van der Waals surface area contributed by atoms with Gasteiger partial charge >= 0.3 is 6.03 Å². The standard InChI is InChI=1S/C20H21N3O2/c1-13(16-9-7-15(11-21)8-10-16)22-20(24)23-14(2)18-12-25-19-6-4-3-5-17(18)19/h3-10,13-14,18H,12H2,1-2H3,(H2,22,23,24)/t13-,14-,18+/m0/s1. The van der Waals surface area contributed by atoms with Gasteiger partial charge in [0.15, 0.2) is 0 Å². The highest BCUT2D eigenvalue weighted by atomic mass is 16.5. The van der Waals surface area contributed by atoms with Crippen LogP contribution >= 0.6 is 0 Å². The zero-order valence-electron chi connectivity index (χ0n) is 14.3. The van der Waals surface area contributed by atoms with Gasteiger partial charge in [-0.25, -0.2) is 4.79 Å². The van der Waals surface area contributed by atoms with Crippen LogP contribution in [0.15, 0.2) is 48.5 Å². The van der Waals surface area contributed by atoms with Crippen LogP contribution in [-0.4, -0.2) is 18.7 Å². The monoisotopic (exact) mass is 335 g/mol. The summed E-state index contributed by atoms with van der Waals surface area (Å²) in [6.07, 6.45) is 0. The Balaban J connectivity index is 1.58. The Kier molecular flexibility index (Phi) is 4.90. The van der Waals surface area contributed by atoms with Gasteiger partial charge in [0.2, 0.25) is 0 Å². The van der Waals surface area contributed by atoms with E-state index in [4.69, 9.17) is 10.00 Å². The second kappa shape index (κ2) is 7.27. The third-order valence-electron chi connectivity index (χ3n) is 4.59. The Morgan fingerprint density at radius 2 is 1.88 bits per heavy atom. The molecule has 128 valence electrons. The Morgan fingerprint density at radius 3 is 2.60 bits per heavy atom. The second-order valence-electron chi connectivity index (χ2n) is 6.32. The lowest BCUT2D eigenvalue weighted by atomic mass is 9.94. The fourth-order valence-electron chi connectivity index (χ4n) is 3.08. The minimum atomic E-state index is -0.214. The van der Waals surface area contributed by atoms with Crippen molar-refractivity contribution in [2.45, 2.75) is 31.8 Å². The summed E-state index contributed by atoms with van der Waals surface area (Å²) >= 11 is 0. The first-order valence-electron chi connectivity index (χ1n) is 8.37. The van der Waals surface area contributed by atoms with Crippen molar-refractivity contribution in [3.8, 4) is 11.8 Å². The molecule has 1 aliphatic heterocycles. The number of carbonyl (C=O) groups excluding carboxylic acids is 1. The first-order valence-corrected chi connectivity index (χ1v) is 8.37. The van der Waals surface area contributed by atoms with Crippen LogP contribution in [0.4, 0.5) is 4.79 Å². The van der Waals surface area contributed by atoms with E-state index in [0.717, 1.165) is 16.9 Å². The molecule has 0 fully saturated rings. The summed E-state index contributed by atoms with van der Waals surface area (Å²) < 4.78 is 5.69. The first kappa shape index (κ1) is 16.8. The van der Waals surface area contributed by atoms with Crippen LogP contribution in [0.2, 0.25) is 0 Å². The SMILES string of the molecule is C[C@H](NC(=O)N[C@@H](C)[C@H]1COc2ccccc21)c1ccc(C#N)cc1. The number of carbonyl (C=O) groups is 1. The van der Waals surface area contributed by atoms with Crippen molar-refractivity contribution >= 4 is 6.03 Å². The van der Waals surface area contributed by atoms with Crippen molar-refractivity contribution in [2.75, 3.05) is 6.61 Å². The summed E-state index contributed by atoms with van der Waals surface area (Å²) in [6, 6.07) is 16.8. The maximum atomic E-state index is 12.3. The number of nitrogens with one attached hydrogen (secondary N) is 2. The molecule has 0 bridgehead atoms. The Labute approximate surface area is 147 Å². The number of amides is 2. The quantitative estimate of drug-likeness (QED) is 0.898. The number of hydrogen-bond acceptors (Lipinski definition) is 3. The molecule has 5 nitrogen and oxygen atoms in total. The topological polar surface area (TPSA) is 74.2 Å². The third-order valence-corrected chi connectivity index (χ3v) is 4.59. The maximum absolute atomic E-state index is 12.3. The molecule has 1 aliphatic rings. The molecule has 1 heterocycles. The molecule has 0 saturated carbocycles. The van der Waals surface area contributed by atoms with E-state index >= 15 is 0 Å². The van der Waals surface area contributed by atoms with Crippen molar-refractivity contribution < 1.29 is 9.53 Å². The number of ether oxygens (including phenoxy) is 1. The van der Waals surface area contributed by atoms with Crippen LogP contribution in [0.25, 0.3) is 0 Å². The van der Waals surface area contributed by atoms with Gasteiger partial charge in [-0.3, -0.25) is 0 Å². The van der Waals surface area contributed by atoms with Crippen molar-refractivity contribution in [1.82, 2.24) is 10.6 Å². The average Bonchev–Trinajstić information content (AvgIpc) is 3.06. The molecule has 3 rings (SSSR count). The molecule has 0 aliphatic carbocycles. The van der Waals surface area contributed by atoms with Gasteiger partial charge in [0, 0.05) is 17.5 Å². The summed E-state index contributed by atoms with van der Waals surface area (Å²) in [4.78, 5) is 12.3.